The summed E-state index contributed by atoms with van der Waals surface area (Å²) in [4.78, 5) is 21.7. The smallest absolute Gasteiger partial charge is 0.395 e. The first-order chi connectivity index (χ1) is 8.56. The van der Waals surface area contributed by atoms with Gasteiger partial charge < -0.3 is 15.5 Å². The van der Waals surface area contributed by atoms with Crippen LogP contribution < -0.4 is 11.1 Å². The van der Waals surface area contributed by atoms with Crippen molar-refractivity contribution in [1.82, 2.24) is 5.32 Å². The lowest BCUT2D eigenvalue weighted by Crippen LogP contribution is -2.51. The highest BCUT2D eigenvalue weighted by molar-refractivity contribution is 5.92. The summed E-state index contributed by atoms with van der Waals surface area (Å²) in [7, 11) is 0. The number of amides is 1. The normalized spacial score (nSPS) is 16.7. The maximum absolute atomic E-state index is 11.9. The molecular formula is C11H16ClN3O4. The number of furan rings is 1. The lowest BCUT2D eigenvalue weighted by molar-refractivity contribution is -0.402. The van der Waals surface area contributed by atoms with Crippen LogP contribution in [0, 0.1) is 10.1 Å². The van der Waals surface area contributed by atoms with Gasteiger partial charge in [0.15, 0.2) is 5.76 Å². The van der Waals surface area contributed by atoms with E-state index in [1.165, 1.54) is 12.1 Å². The molecule has 0 radical (unpaired) electrons. The molecule has 3 N–H and O–H groups in total. The first kappa shape index (κ1) is 15.5. The largest absolute Gasteiger partial charge is 0.433 e. The van der Waals surface area contributed by atoms with Gasteiger partial charge in [-0.15, -0.1) is 12.4 Å². The molecule has 0 unspecified atom stereocenters. The number of carbonyl (C=O) groups is 1. The monoisotopic (exact) mass is 289 g/mol. The van der Waals surface area contributed by atoms with E-state index in [1.54, 1.807) is 0 Å². The number of rotatable bonds is 4. The number of nitrogens with two attached hydrogens (primary N) is 1. The van der Waals surface area contributed by atoms with Crippen molar-refractivity contribution < 1.29 is 14.1 Å². The van der Waals surface area contributed by atoms with Gasteiger partial charge in [0.25, 0.3) is 5.91 Å². The Labute approximate surface area is 116 Å². The number of carbonyl (C=O) groups excluding carboxylic acids is 1. The Bertz CT molecular complexity index is 468. The molecule has 1 amide bonds. The van der Waals surface area contributed by atoms with Crippen molar-refractivity contribution in [2.75, 3.05) is 6.54 Å². The number of nitro groups is 1. The fourth-order valence-electron chi connectivity index (χ4n) is 2.28. The minimum Gasteiger partial charge on any atom is -0.395 e. The van der Waals surface area contributed by atoms with Crippen molar-refractivity contribution in [3.05, 3.63) is 28.0 Å². The van der Waals surface area contributed by atoms with E-state index >= 15 is 0 Å². The van der Waals surface area contributed by atoms with Crippen LogP contribution in [-0.2, 0) is 0 Å². The average molecular weight is 290 g/mol. The van der Waals surface area contributed by atoms with E-state index in [0.29, 0.717) is 6.54 Å². The van der Waals surface area contributed by atoms with Crippen LogP contribution in [0.1, 0.15) is 36.2 Å². The second kappa shape index (κ2) is 6.03. The van der Waals surface area contributed by atoms with Crippen LogP contribution >= 0.6 is 12.4 Å². The van der Waals surface area contributed by atoms with Gasteiger partial charge in [-0.05, 0) is 18.9 Å². The quantitative estimate of drug-likeness (QED) is 0.646. The molecule has 19 heavy (non-hydrogen) atoms. The van der Waals surface area contributed by atoms with Gasteiger partial charge in [-0.1, -0.05) is 12.8 Å². The van der Waals surface area contributed by atoms with Crippen molar-refractivity contribution in [3.8, 4) is 0 Å². The molecular weight excluding hydrogens is 274 g/mol. The molecule has 0 atom stereocenters. The van der Waals surface area contributed by atoms with Gasteiger partial charge in [0.05, 0.1) is 11.6 Å². The molecule has 1 fully saturated rings. The number of halogens is 1. The zero-order valence-corrected chi connectivity index (χ0v) is 11.1. The fraction of sp³-hybridized carbons (Fsp3) is 0.545. The third kappa shape index (κ3) is 3.24. The summed E-state index contributed by atoms with van der Waals surface area (Å²) in [6, 6.07) is 2.46. The summed E-state index contributed by atoms with van der Waals surface area (Å²) in [5.41, 5.74) is 5.30. The minimum absolute atomic E-state index is 0. The number of nitrogens with zero attached hydrogens (tertiary/aromatic N) is 1. The number of hydrogen-bond acceptors (Lipinski definition) is 5. The van der Waals surface area contributed by atoms with Gasteiger partial charge in [0, 0.05) is 6.54 Å². The van der Waals surface area contributed by atoms with Crippen LogP contribution in [0.15, 0.2) is 16.5 Å². The highest BCUT2D eigenvalue weighted by atomic mass is 35.5. The predicted molar refractivity (Wildman–Crippen MR) is 70.3 cm³/mol. The van der Waals surface area contributed by atoms with Crippen molar-refractivity contribution >= 4 is 24.2 Å². The summed E-state index contributed by atoms with van der Waals surface area (Å²) in [6.45, 7) is 0.363. The van der Waals surface area contributed by atoms with Crippen molar-refractivity contribution in [3.63, 3.8) is 0 Å². The Balaban J connectivity index is 0.00000180. The van der Waals surface area contributed by atoms with Crippen LogP contribution in [0.3, 0.4) is 0 Å². The first-order valence-corrected chi connectivity index (χ1v) is 5.83. The lowest BCUT2D eigenvalue weighted by atomic mass is 9.98. The molecule has 0 aromatic carbocycles. The van der Waals surface area contributed by atoms with Gasteiger partial charge in [-0.2, -0.15) is 0 Å². The first-order valence-electron chi connectivity index (χ1n) is 5.83. The van der Waals surface area contributed by atoms with Crippen molar-refractivity contribution in [2.24, 2.45) is 5.73 Å². The third-order valence-corrected chi connectivity index (χ3v) is 3.33. The van der Waals surface area contributed by atoms with Gasteiger partial charge >= 0.3 is 5.88 Å². The van der Waals surface area contributed by atoms with E-state index in [2.05, 4.69) is 5.32 Å². The maximum Gasteiger partial charge on any atom is 0.433 e. The topological polar surface area (TPSA) is 111 Å². The number of hydrogen-bond donors (Lipinski definition) is 2. The molecule has 1 heterocycles. The Morgan fingerprint density at radius 2 is 2.11 bits per heavy atom. The van der Waals surface area contributed by atoms with E-state index in [0.717, 1.165) is 25.7 Å². The van der Waals surface area contributed by atoms with Gasteiger partial charge in [0.1, 0.15) is 4.92 Å². The lowest BCUT2D eigenvalue weighted by Gasteiger charge is -2.28. The predicted octanol–water partition coefficient (Wildman–Crippen LogP) is 1.61. The van der Waals surface area contributed by atoms with Gasteiger partial charge in [-0.3, -0.25) is 14.9 Å². The molecule has 1 aromatic rings. The Morgan fingerprint density at radius 3 is 2.58 bits per heavy atom. The molecule has 0 spiro atoms. The molecule has 0 saturated heterocycles. The highest BCUT2D eigenvalue weighted by Gasteiger charge is 2.35. The molecule has 8 heteroatoms. The zero-order valence-electron chi connectivity index (χ0n) is 10.3. The minimum atomic E-state index is -0.676. The molecule has 0 bridgehead atoms. The fourth-order valence-corrected chi connectivity index (χ4v) is 2.28. The van der Waals surface area contributed by atoms with Crippen molar-refractivity contribution in [2.45, 2.75) is 31.2 Å². The zero-order chi connectivity index (χ0) is 13.2. The molecule has 106 valence electrons. The van der Waals surface area contributed by atoms with Crippen molar-refractivity contribution in [1.29, 1.82) is 0 Å². The average Bonchev–Trinajstić information content (AvgIpc) is 2.98. The van der Waals surface area contributed by atoms with Gasteiger partial charge in [0.2, 0.25) is 0 Å². The second-order valence-electron chi connectivity index (χ2n) is 4.54. The summed E-state index contributed by atoms with van der Waals surface area (Å²) >= 11 is 0. The molecule has 1 saturated carbocycles. The van der Waals surface area contributed by atoms with Crippen LogP contribution in [0.25, 0.3) is 0 Å². The molecule has 2 rings (SSSR count). The summed E-state index contributed by atoms with van der Waals surface area (Å²) < 4.78 is 4.85. The van der Waals surface area contributed by atoms with Crippen LogP contribution in [0.5, 0.6) is 0 Å². The van der Waals surface area contributed by atoms with E-state index in [4.69, 9.17) is 10.2 Å². The summed E-state index contributed by atoms with van der Waals surface area (Å²) in [5, 5.41) is 13.3. The molecule has 0 aliphatic heterocycles. The SMILES string of the molecule is Cl.NCC1(NC(=O)c2ccc([N+](=O)[O-])o2)CCCC1. The molecule has 1 aliphatic carbocycles. The van der Waals surface area contributed by atoms with E-state index < -0.39 is 22.3 Å². The summed E-state index contributed by atoms with van der Waals surface area (Å²) in [6.07, 6.45) is 3.71. The van der Waals surface area contributed by atoms with Gasteiger partial charge in [-0.25, -0.2) is 0 Å². The second-order valence-corrected chi connectivity index (χ2v) is 4.54. The van der Waals surface area contributed by atoms with E-state index in [9.17, 15) is 14.9 Å². The Hall–Kier alpha value is -1.60. The highest BCUT2D eigenvalue weighted by Crippen LogP contribution is 2.29. The van der Waals surface area contributed by atoms with E-state index in [1.807, 2.05) is 0 Å². The molecule has 1 aromatic heterocycles. The maximum atomic E-state index is 11.9. The number of nitrogens with one attached hydrogen (secondary N) is 1. The van der Waals surface area contributed by atoms with E-state index in [-0.39, 0.29) is 18.2 Å². The Kier molecular flexibility index (Phi) is 4.90. The van der Waals surface area contributed by atoms with Crippen LogP contribution in [0.4, 0.5) is 5.88 Å². The molecule has 7 nitrogen and oxygen atoms in total. The van der Waals surface area contributed by atoms with Crippen LogP contribution in [-0.4, -0.2) is 22.9 Å². The van der Waals surface area contributed by atoms with Crippen LogP contribution in [0.2, 0.25) is 0 Å². The summed E-state index contributed by atoms with van der Waals surface area (Å²) in [5.74, 6) is -0.940. The standard InChI is InChI=1S/C11H15N3O4.ClH/c12-7-11(5-1-2-6-11)13-10(15)8-3-4-9(18-8)14(16)17;/h3-4H,1-2,5-7,12H2,(H,13,15);1H. The Morgan fingerprint density at radius 1 is 1.47 bits per heavy atom. The third-order valence-electron chi connectivity index (χ3n) is 3.33. The molecule has 1 aliphatic rings.